The topological polar surface area (TPSA) is 41.2 Å². The second-order valence-corrected chi connectivity index (χ2v) is 7.70. The van der Waals surface area contributed by atoms with Gasteiger partial charge in [-0.3, -0.25) is 4.79 Å². The second-order valence-electron chi connectivity index (χ2n) is 7.70. The Morgan fingerprint density at radius 3 is 2.00 bits per heavy atom. The zero-order valence-corrected chi connectivity index (χ0v) is 17.4. The first kappa shape index (κ1) is 22.1. The van der Waals surface area contributed by atoms with Crippen LogP contribution >= 0.6 is 0 Å². The Bertz CT molecular complexity index is 684. The van der Waals surface area contributed by atoms with Crippen LogP contribution in [0.4, 0.5) is 0 Å². The van der Waals surface area contributed by atoms with Crippen molar-refractivity contribution in [3.63, 3.8) is 0 Å². The molecule has 1 aromatic heterocycles. The molecule has 1 unspecified atom stereocenters. The van der Waals surface area contributed by atoms with Crippen molar-refractivity contribution in [3.8, 4) is 5.69 Å². The van der Waals surface area contributed by atoms with E-state index in [1.807, 2.05) is 59.4 Å². The minimum atomic E-state index is -0.722. The molecular weight excluding hydrogens is 346 g/mol. The second kappa shape index (κ2) is 13.1. The molecule has 0 bridgehead atoms. The third kappa shape index (κ3) is 7.46. The van der Waals surface area contributed by atoms with E-state index in [0.717, 1.165) is 24.1 Å². The Balaban J connectivity index is 1.82. The number of unbranched alkanes of at least 4 members (excludes halogenated alkanes) is 9. The number of aliphatic carboxylic acids is 1. The standard InChI is InChI=1S/C25H35NO2/c1-2-3-4-5-6-7-8-9-10-12-18-23(25(27)28)22-17-13-14-19-24(22)26-20-15-11-16-21-26/h11,13-17,19-21,23H,2-10,12,18H2,1H3/p+1. The highest BCUT2D eigenvalue weighted by Gasteiger charge is 2.25. The normalized spacial score (nSPS) is 12.0. The van der Waals surface area contributed by atoms with Crippen LogP contribution in [0.15, 0.2) is 54.9 Å². The van der Waals surface area contributed by atoms with Crippen molar-refractivity contribution >= 4 is 5.97 Å². The van der Waals surface area contributed by atoms with Gasteiger partial charge in [0.1, 0.15) is 0 Å². The lowest BCUT2D eigenvalue weighted by molar-refractivity contribution is -0.596. The SMILES string of the molecule is CCCCCCCCCCCCC(C(=O)O)c1ccccc1-[n+]1ccccc1. The summed E-state index contributed by atoms with van der Waals surface area (Å²) >= 11 is 0. The van der Waals surface area contributed by atoms with Gasteiger partial charge in [-0.1, -0.05) is 95.4 Å². The van der Waals surface area contributed by atoms with Gasteiger partial charge in [-0.15, -0.1) is 0 Å². The maximum Gasteiger partial charge on any atom is 0.311 e. The molecule has 1 aromatic carbocycles. The zero-order chi connectivity index (χ0) is 20.0. The Morgan fingerprint density at radius 2 is 1.39 bits per heavy atom. The number of hydrogen-bond donors (Lipinski definition) is 1. The van der Waals surface area contributed by atoms with Gasteiger partial charge < -0.3 is 5.11 Å². The van der Waals surface area contributed by atoms with Crippen LogP contribution in [0.3, 0.4) is 0 Å². The molecule has 0 fully saturated rings. The van der Waals surface area contributed by atoms with Crippen LogP contribution in [0.1, 0.15) is 89.0 Å². The maximum atomic E-state index is 12.0. The van der Waals surface area contributed by atoms with Crippen molar-refractivity contribution in [1.82, 2.24) is 0 Å². The number of carbonyl (C=O) groups is 1. The number of hydrogen-bond acceptors (Lipinski definition) is 1. The van der Waals surface area contributed by atoms with E-state index in [4.69, 9.17) is 0 Å². The fraction of sp³-hybridized carbons (Fsp3) is 0.520. The first-order valence-electron chi connectivity index (χ1n) is 11.0. The molecule has 1 heterocycles. The van der Waals surface area contributed by atoms with Crippen molar-refractivity contribution in [1.29, 1.82) is 0 Å². The van der Waals surface area contributed by atoms with E-state index in [0.29, 0.717) is 6.42 Å². The maximum absolute atomic E-state index is 12.0. The summed E-state index contributed by atoms with van der Waals surface area (Å²) in [6, 6.07) is 13.8. The molecule has 0 amide bonds. The molecule has 0 saturated carbocycles. The number of pyridine rings is 1. The average molecular weight is 383 g/mol. The Morgan fingerprint density at radius 1 is 0.821 bits per heavy atom. The molecule has 0 aliphatic rings. The van der Waals surface area contributed by atoms with Crippen molar-refractivity contribution in [2.45, 2.75) is 83.5 Å². The van der Waals surface area contributed by atoms with Gasteiger partial charge in [-0.2, -0.15) is 4.57 Å². The molecular formula is C25H36NO2+. The van der Waals surface area contributed by atoms with Crippen LogP contribution in [-0.4, -0.2) is 11.1 Å². The van der Waals surface area contributed by atoms with E-state index in [-0.39, 0.29) is 0 Å². The van der Waals surface area contributed by atoms with Gasteiger partial charge in [-0.05, 0) is 6.42 Å². The average Bonchev–Trinajstić information content (AvgIpc) is 2.72. The van der Waals surface area contributed by atoms with Gasteiger partial charge in [0.2, 0.25) is 5.69 Å². The summed E-state index contributed by atoms with van der Waals surface area (Å²) in [7, 11) is 0. The summed E-state index contributed by atoms with van der Waals surface area (Å²) in [5.41, 5.74) is 1.87. The van der Waals surface area contributed by atoms with Gasteiger partial charge in [-0.25, -0.2) is 0 Å². The molecule has 0 aliphatic carbocycles. The van der Waals surface area contributed by atoms with Crippen molar-refractivity contribution in [3.05, 3.63) is 60.4 Å². The number of nitrogens with zero attached hydrogens (tertiary/aromatic N) is 1. The third-order valence-electron chi connectivity index (χ3n) is 5.45. The van der Waals surface area contributed by atoms with Gasteiger partial charge in [0.25, 0.3) is 0 Å². The number of aromatic nitrogens is 1. The molecule has 152 valence electrons. The van der Waals surface area contributed by atoms with Crippen LogP contribution in [0, 0.1) is 0 Å². The van der Waals surface area contributed by atoms with Crippen LogP contribution in [0.5, 0.6) is 0 Å². The van der Waals surface area contributed by atoms with Crippen molar-refractivity contribution < 1.29 is 14.5 Å². The predicted molar refractivity (Wildman–Crippen MR) is 115 cm³/mol. The van der Waals surface area contributed by atoms with Gasteiger partial charge >= 0.3 is 5.97 Å². The summed E-state index contributed by atoms with van der Waals surface area (Å²) in [5, 5.41) is 9.83. The van der Waals surface area contributed by atoms with E-state index in [2.05, 4.69) is 6.92 Å². The highest BCUT2D eigenvalue weighted by Crippen LogP contribution is 2.26. The highest BCUT2D eigenvalue weighted by molar-refractivity contribution is 5.77. The summed E-state index contributed by atoms with van der Waals surface area (Å²) in [6.45, 7) is 2.25. The minimum absolute atomic E-state index is 0.446. The lowest BCUT2D eigenvalue weighted by Gasteiger charge is -2.14. The first-order chi connectivity index (χ1) is 13.7. The summed E-state index contributed by atoms with van der Waals surface area (Å²) in [6.07, 6.45) is 17.3. The smallest absolute Gasteiger partial charge is 0.311 e. The van der Waals surface area contributed by atoms with Crippen LogP contribution in [0.25, 0.3) is 5.69 Å². The monoisotopic (exact) mass is 382 g/mol. The molecule has 2 aromatic rings. The summed E-state index contributed by atoms with van der Waals surface area (Å²) in [5.74, 6) is -1.17. The molecule has 0 radical (unpaired) electrons. The molecule has 28 heavy (non-hydrogen) atoms. The van der Waals surface area contributed by atoms with E-state index >= 15 is 0 Å². The number of rotatable bonds is 14. The zero-order valence-electron chi connectivity index (χ0n) is 17.4. The van der Waals surface area contributed by atoms with E-state index < -0.39 is 11.9 Å². The van der Waals surface area contributed by atoms with Crippen LogP contribution < -0.4 is 4.57 Å². The van der Waals surface area contributed by atoms with E-state index in [9.17, 15) is 9.90 Å². The first-order valence-corrected chi connectivity index (χ1v) is 11.0. The number of carboxylic acid groups (broad SMARTS) is 1. The molecule has 1 atom stereocenters. The Labute approximate surface area is 170 Å². The summed E-state index contributed by atoms with van der Waals surface area (Å²) < 4.78 is 2.00. The van der Waals surface area contributed by atoms with E-state index in [1.54, 1.807) is 0 Å². The number of para-hydroxylation sites is 1. The predicted octanol–water partition coefficient (Wildman–Crippen LogP) is 6.44. The van der Waals surface area contributed by atoms with Gasteiger partial charge in [0.05, 0.1) is 5.92 Å². The fourth-order valence-electron chi connectivity index (χ4n) is 3.82. The van der Waals surface area contributed by atoms with Gasteiger partial charge in [0.15, 0.2) is 12.4 Å². The molecule has 1 N–H and O–H groups in total. The van der Waals surface area contributed by atoms with E-state index in [1.165, 1.54) is 51.4 Å². The molecule has 0 saturated heterocycles. The quantitative estimate of drug-likeness (QED) is 0.301. The summed E-state index contributed by atoms with van der Waals surface area (Å²) in [4.78, 5) is 12.0. The molecule has 2 rings (SSSR count). The number of benzene rings is 1. The Kier molecular flexibility index (Phi) is 10.3. The molecule has 3 heteroatoms. The minimum Gasteiger partial charge on any atom is -0.481 e. The largest absolute Gasteiger partial charge is 0.481 e. The highest BCUT2D eigenvalue weighted by atomic mass is 16.4. The van der Waals surface area contributed by atoms with Crippen molar-refractivity contribution in [2.24, 2.45) is 0 Å². The molecule has 0 aliphatic heterocycles. The van der Waals surface area contributed by atoms with Crippen LogP contribution in [0.2, 0.25) is 0 Å². The lowest BCUT2D eigenvalue weighted by atomic mass is 9.91. The lowest BCUT2D eigenvalue weighted by Crippen LogP contribution is -2.32. The fourth-order valence-corrected chi connectivity index (χ4v) is 3.82. The van der Waals surface area contributed by atoms with Gasteiger partial charge in [0, 0.05) is 23.8 Å². The third-order valence-corrected chi connectivity index (χ3v) is 5.45. The Hall–Kier alpha value is -2.16. The molecule has 0 spiro atoms. The van der Waals surface area contributed by atoms with Crippen LogP contribution in [-0.2, 0) is 4.79 Å². The number of carboxylic acids is 1. The molecule has 3 nitrogen and oxygen atoms in total. The van der Waals surface area contributed by atoms with Crippen molar-refractivity contribution in [2.75, 3.05) is 0 Å².